The SMILES string of the molecule is Cn1c(=O)n(C)c2cc(SC3CCCCC3)c(NS(=O)(=O)c3cccc4nsnc34)cc21. The molecule has 0 amide bonds. The molecule has 1 fully saturated rings. The lowest BCUT2D eigenvalue weighted by Gasteiger charge is -2.22. The summed E-state index contributed by atoms with van der Waals surface area (Å²) in [4.78, 5) is 13.4. The van der Waals surface area contributed by atoms with Crippen molar-refractivity contribution in [3.63, 3.8) is 0 Å². The normalized spacial score (nSPS) is 15.6. The van der Waals surface area contributed by atoms with Crippen LogP contribution >= 0.6 is 23.5 Å². The van der Waals surface area contributed by atoms with Crippen LogP contribution in [0.15, 0.2) is 44.9 Å². The summed E-state index contributed by atoms with van der Waals surface area (Å²) in [6.45, 7) is 0. The molecule has 0 aliphatic heterocycles. The number of hydrogen-bond acceptors (Lipinski definition) is 7. The number of aryl methyl sites for hydroxylation is 2. The molecule has 2 aromatic carbocycles. The molecule has 0 radical (unpaired) electrons. The topological polar surface area (TPSA) is 98.9 Å². The number of anilines is 1. The van der Waals surface area contributed by atoms with Gasteiger partial charge in [-0.25, -0.2) is 13.2 Å². The monoisotopic (exact) mass is 489 g/mol. The number of aromatic nitrogens is 4. The highest BCUT2D eigenvalue weighted by Gasteiger charge is 2.24. The maximum Gasteiger partial charge on any atom is 0.328 e. The first-order chi connectivity index (χ1) is 15.3. The fraction of sp³-hybridized carbons (Fsp3) is 0.381. The number of hydrogen-bond donors (Lipinski definition) is 1. The average molecular weight is 490 g/mol. The van der Waals surface area contributed by atoms with Crippen LogP contribution in [0.25, 0.3) is 22.1 Å². The Morgan fingerprint density at radius 2 is 1.78 bits per heavy atom. The highest BCUT2D eigenvalue weighted by Crippen LogP contribution is 2.40. The third kappa shape index (κ3) is 3.71. The Labute approximate surface area is 194 Å². The lowest BCUT2D eigenvalue weighted by Crippen LogP contribution is -2.19. The number of fused-ring (bicyclic) bond motifs is 2. The van der Waals surface area contributed by atoms with Crippen molar-refractivity contribution in [3.05, 3.63) is 40.8 Å². The molecular formula is C21H23N5O3S3. The Balaban J connectivity index is 1.62. The summed E-state index contributed by atoms with van der Waals surface area (Å²) in [5.74, 6) is 0. The van der Waals surface area contributed by atoms with E-state index in [1.165, 1.54) is 29.9 Å². The van der Waals surface area contributed by atoms with Gasteiger partial charge in [0.05, 0.1) is 28.4 Å². The Bertz CT molecular complexity index is 1480. The van der Waals surface area contributed by atoms with Gasteiger partial charge in [-0.05, 0) is 37.1 Å². The van der Waals surface area contributed by atoms with E-state index in [9.17, 15) is 13.2 Å². The molecule has 0 atom stereocenters. The van der Waals surface area contributed by atoms with E-state index < -0.39 is 10.0 Å². The minimum absolute atomic E-state index is 0.0967. The van der Waals surface area contributed by atoms with Gasteiger partial charge < -0.3 is 0 Å². The number of imidazole rings is 1. The summed E-state index contributed by atoms with van der Waals surface area (Å²) in [5, 5.41) is 0.427. The summed E-state index contributed by atoms with van der Waals surface area (Å²) in [6, 6.07) is 8.64. The molecule has 168 valence electrons. The van der Waals surface area contributed by atoms with Crippen molar-refractivity contribution in [2.45, 2.75) is 47.1 Å². The van der Waals surface area contributed by atoms with Gasteiger partial charge in [0.25, 0.3) is 10.0 Å². The van der Waals surface area contributed by atoms with E-state index in [-0.39, 0.29) is 10.6 Å². The van der Waals surface area contributed by atoms with Crippen LogP contribution in [0.1, 0.15) is 32.1 Å². The molecular weight excluding hydrogens is 466 g/mol. The average Bonchev–Trinajstić information content (AvgIpc) is 3.34. The summed E-state index contributed by atoms with van der Waals surface area (Å²) in [5.41, 5.74) is 2.71. The molecule has 1 aliphatic carbocycles. The lowest BCUT2D eigenvalue weighted by atomic mass is 10.0. The second kappa shape index (κ2) is 8.20. The predicted octanol–water partition coefficient (Wildman–Crippen LogP) is 4.11. The van der Waals surface area contributed by atoms with Crippen LogP contribution in [0.4, 0.5) is 5.69 Å². The third-order valence-electron chi connectivity index (χ3n) is 6.00. The van der Waals surface area contributed by atoms with Gasteiger partial charge in [-0.2, -0.15) is 8.75 Å². The molecule has 0 spiro atoms. The quantitative estimate of drug-likeness (QED) is 0.453. The van der Waals surface area contributed by atoms with Gasteiger partial charge in [0.1, 0.15) is 15.9 Å². The largest absolute Gasteiger partial charge is 0.328 e. The zero-order chi connectivity index (χ0) is 22.5. The number of nitrogens with one attached hydrogen (secondary N) is 1. The van der Waals surface area contributed by atoms with Gasteiger partial charge in [-0.15, -0.1) is 11.8 Å². The van der Waals surface area contributed by atoms with Gasteiger partial charge in [0.15, 0.2) is 0 Å². The molecule has 1 saturated carbocycles. The van der Waals surface area contributed by atoms with Crippen molar-refractivity contribution in [2.24, 2.45) is 14.1 Å². The number of nitrogens with zero attached hydrogens (tertiary/aromatic N) is 4. The van der Waals surface area contributed by atoms with E-state index >= 15 is 0 Å². The second-order valence-electron chi connectivity index (χ2n) is 8.11. The fourth-order valence-corrected chi connectivity index (χ4v) is 7.51. The summed E-state index contributed by atoms with van der Waals surface area (Å²) < 4.78 is 41.0. The van der Waals surface area contributed by atoms with Gasteiger partial charge in [-0.1, -0.05) is 25.3 Å². The lowest BCUT2D eigenvalue weighted by molar-refractivity contribution is 0.516. The third-order valence-corrected chi connectivity index (χ3v) is 9.34. The molecule has 11 heteroatoms. The van der Waals surface area contributed by atoms with Gasteiger partial charge in [0, 0.05) is 24.2 Å². The highest BCUT2D eigenvalue weighted by molar-refractivity contribution is 8.00. The molecule has 0 saturated heterocycles. The van der Waals surface area contributed by atoms with Crippen LogP contribution in [0.5, 0.6) is 0 Å². The van der Waals surface area contributed by atoms with Crippen LogP contribution in [0.2, 0.25) is 0 Å². The van der Waals surface area contributed by atoms with E-state index in [1.807, 2.05) is 6.07 Å². The van der Waals surface area contributed by atoms with E-state index in [0.29, 0.717) is 27.5 Å². The first kappa shape index (κ1) is 21.5. The Morgan fingerprint density at radius 3 is 2.53 bits per heavy atom. The Morgan fingerprint density at radius 1 is 1.06 bits per heavy atom. The molecule has 5 rings (SSSR count). The Kier molecular flexibility index (Phi) is 5.50. The zero-order valence-corrected chi connectivity index (χ0v) is 20.2. The van der Waals surface area contributed by atoms with Crippen molar-refractivity contribution < 1.29 is 8.42 Å². The number of benzene rings is 2. The first-order valence-corrected chi connectivity index (χ1v) is 13.5. The van der Waals surface area contributed by atoms with Gasteiger partial charge in [0.2, 0.25) is 0 Å². The zero-order valence-electron chi connectivity index (χ0n) is 17.7. The van der Waals surface area contributed by atoms with Crippen LogP contribution in [-0.4, -0.2) is 31.5 Å². The van der Waals surface area contributed by atoms with Crippen LogP contribution in [0.3, 0.4) is 0 Å². The molecule has 0 bridgehead atoms. The van der Waals surface area contributed by atoms with E-state index in [0.717, 1.165) is 35.0 Å². The number of thioether (sulfide) groups is 1. The maximum absolute atomic E-state index is 13.4. The summed E-state index contributed by atoms with van der Waals surface area (Å²) >= 11 is 2.68. The van der Waals surface area contributed by atoms with Crippen molar-refractivity contribution >= 4 is 61.3 Å². The first-order valence-electron chi connectivity index (χ1n) is 10.5. The Hall–Kier alpha value is -2.37. The van der Waals surface area contributed by atoms with Crippen LogP contribution in [-0.2, 0) is 24.1 Å². The second-order valence-corrected chi connectivity index (χ2v) is 11.6. The van der Waals surface area contributed by atoms with Crippen molar-refractivity contribution in [2.75, 3.05) is 4.72 Å². The molecule has 8 nitrogen and oxygen atoms in total. The van der Waals surface area contributed by atoms with E-state index in [4.69, 9.17) is 0 Å². The van der Waals surface area contributed by atoms with Gasteiger partial charge >= 0.3 is 5.69 Å². The molecule has 2 aromatic heterocycles. The van der Waals surface area contributed by atoms with Gasteiger partial charge in [-0.3, -0.25) is 13.9 Å². The predicted molar refractivity (Wildman–Crippen MR) is 129 cm³/mol. The van der Waals surface area contributed by atoms with Crippen molar-refractivity contribution in [1.82, 2.24) is 17.9 Å². The minimum Gasteiger partial charge on any atom is -0.295 e. The summed E-state index contributed by atoms with van der Waals surface area (Å²) in [6.07, 6.45) is 5.82. The van der Waals surface area contributed by atoms with E-state index in [1.54, 1.807) is 48.6 Å². The van der Waals surface area contributed by atoms with Crippen LogP contribution in [0, 0.1) is 0 Å². The fourth-order valence-electron chi connectivity index (χ4n) is 4.26. The molecule has 32 heavy (non-hydrogen) atoms. The molecule has 4 aromatic rings. The molecule has 0 unspecified atom stereocenters. The summed E-state index contributed by atoms with van der Waals surface area (Å²) in [7, 11) is -0.483. The van der Waals surface area contributed by atoms with Crippen molar-refractivity contribution in [1.29, 1.82) is 0 Å². The standard InChI is InChI=1S/C21H23N5O3S3/c1-25-16-11-15(24-32(28,29)19-10-6-9-14-20(19)23-31-22-14)18(12-17(16)26(2)21(25)27)30-13-7-4-3-5-8-13/h6,9-13,24H,3-5,7-8H2,1-2H3. The van der Waals surface area contributed by atoms with Crippen molar-refractivity contribution in [3.8, 4) is 0 Å². The molecule has 1 N–H and O–H groups in total. The number of sulfonamides is 1. The molecule has 1 aliphatic rings. The minimum atomic E-state index is -3.91. The number of rotatable bonds is 5. The molecule has 2 heterocycles. The van der Waals surface area contributed by atoms with E-state index in [2.05, 4.69) is 13.5 Å². The van der Waals surface area contributed by atoms with Crippen LogP contribution < -0.4 is 10.4 Å². The smallest absolute Gasteiger partial charge is 0.295 e. The highest BCUT2D eigenvalue weighted by atomic mass is 32.2. The maximum atomic E-state index is 13.4.